The number of carbonyl (C=O) groups is 2. The first kappa shape index (κ1) is 18.9. The number of likely N-dealkylation sites (tertiary alicyclic amines) is 1. The van der Waals surface area contributed by atoms with Crippen LogP contribution in [0.25, 0.3) is 5.65 Å². The minimum Gasteiger partial charge on any atom is -0.343 e. The number of carbonyl (C=O) groups excluding carboxylic acids is 2. The first-order valence-corrected chi connectivity index (χ1v) is 10.1. The first-order chi connectivity index (χ1) is 13.5. The zero-order valence-electron chi connectivity index (χ0n) is 16.7. The lowest BCUT2D eigenvalue weighted by atomic mass is 9.93. The number of nitrogens with zero attached hydrogens (tertiary/aromatic N) is 6. The molecule has 0 N–H and O–H groups in total. The van der Waals surface area contributed by atoms with Gasteiger partial charge in [-0.25, -0.2) is 9.97 Å². The number of imidazole rings is 1. The average Bonchev–Trinajstić information content (AvgIpc) is 3.02. The normalized spacial score (nSPS) is 19.8. The second-order valence-electron chi connectivity index (χ2n) is 7.89. The molecule has 0 radical (unpaired) electrons. The summed E-state index contributed by atoms with van der Waals surface area (Å²) < 4.78 is 1.96. The quantitative estimate of drug-likeness (QED) is 0.779. The molecule has 0 aromatic carbocycles. The summed E-state index contributed by atoms with van der Waals surface area (Å²) in [6.45, 7) is 6.53. The van der Waals surface area contributed by atoms with Gasteiger partial charge in [0.2, 0.25) is 5.91 Å². The van der Waals surface area contributed by atoms with Gasteiger partial charge in [0.05, 0.1) is 0 Å². The highest BCUT2D eigenvalue weighted by Gasteiger charge is 2.27. The summed E-state index contributed by atoms with van der Waals surface area (Å²) in [5.74, 6) is 0.441. The molecule has 4 heterocycles. The van der Waals surface area contributed by atoms with Crippen LogP contribution in [0, 0.1) is 0 Å². The minimum atomic E-state index is -0.0335. The molecule has 2 aliphatic rings. The molecule has 8 heteroatoms. The van der Waals surface area contributed by atoms with Crippen molar-refractivity contribution >= 4 is 17.5 Å². The lowest BCUT2D eigenvalue weighted by molar-refractivity contribution is -0.129. The Balaban J connectivity index is 1.57. The van der Waals surface area contributed by atoms with Crippen LogP contribution in [0.15, 0.2) is 18.6 Å². The topological polar surface area (TPSA) is 74.1 Å². The van der Waals surface area contributed by atoms with Crippen LogP contribution in [0.4, 0.5) is 0 Å². The van der Waals surface area contributed by atoms with E-state index in [0.29, 0.717) is 17.3 Å². The Kier molecular flexibility index (Phi) is 5.30. The van der Waals surface area contributed by atoms with Gasteiger partial charge in [0.15, 0.2) is 11.3 Å². The first-order valence-electron chi connectivity index (χ1n) is 10.1. The van der Waals surface area contributed by atoms with Crippen molar-refractivity contribution < 1.29 is 9.59 Å². The Bertz CT molecular complexity index is 871. The average molecular weight is 384 g/mol. The van der Waals surface area contributed by atoms with Gasteiger partial charge in [-0.15, -0.1) is 0 Å². The maximum atomic E-state index is 13.1. The van der Waals surface area contributed by atoms with Crippen molar-refractivity contribution in [2.75, 3.05) is 46.3 Å². The molecule has 150 valence electrons. The summed E-state index contributed by atoms with van der Waals surface area (Å²) in [4.78, 5) is 39.6. The van der Waals surface area contributed by atoms with E-state index in [-0.39, 0.29) is 11.8 Å². The highest BCUT2D eigenvalue weighted by Crippen LogP contribution is 2.28. The zero-order valence-corrected chi connectivity index (χ0v) is 16.7. The van der Waals surface area contributed by atoms with E-state index in [2.05, 4.69) is 21.9 Å². The monoisotopic (exact) mass is 384 g/mol. The molecule has 2 aromatic rings. The van der Waals surface area contributed by atoms with Crippen LogP contribution >= 0.6 is 0 Å². The van der Waals surface area contributed by atoms with Gasteiger partial charge in [0.1, 0.15) is 6.33 Å². The third-order valence-corrected chi connectivity index (χ3v) is 6.03. The van der Waals surface area contributed by atoms with Crippen molar-refractivity contribution in [3.8, 4) is 0 Å². The molecule has 0 aliphatic carbocycles. The van der Waals surface area contributed by atoms with E-state index in [0.717, 1.165) is 64.2 Å². The van der Waals surface area contributed by atoms with Crippen LogP contribution in [0.1, 0.15) is 48.3 Å². The Hall–Kier alpha value is -2.48. The molecule has 0 atom stereocenters. The number of hydrogen-bond donors (Lipinski definition) is 0. The summed E-state index contributed by atoms with van der Waals surface area (Å²) >= 11 is 0. The summed E-state index contributed by atoms with van der Waals surface area (Å²) in [6, 6.07) is 2.01. The SMILES string of the molecule is CC(=O)N1CCC(c2ccnc3c(C(=O)N4CCCN(C)CC4)ncn23)CC1. The number of piperidine rings is 1. The molecule has 2 aliphatic heterocycles. The maximum Gasteiger partial charge on any atom is 0.276 e. The van der Waals surface area contributed by atoms with Crippen molar-refractivity contribution in [1.29, 1.82) is 0 Å². The van der Waals surface area contributed by atoms with Crippen LogP contribution in [0.2, 0.25) is 0 Å². The molecular weight excluding hydrogens is 356 g/mol. The fourth-order valence-corrected chi connectivity index (χ4v) is 4.29. The number of hydrogen-bond acceptors (Lipinski definition) is 5. The Morgan fingerprint density at radius 2 is 1.79 bits per heavy atom. The van der Waals surface area contributed by atoms with Gasteiger partial charge in [0.25, 0.3) is 5.91 Å². The van der Waals surface area contributed by atoms with Crippen molar-refractivity contribution in [2.45, 2.75) is 32.1 Å². The van der Waals surface area contributed by atoms with E-state index in [1.165, 1.54) is 0 Å². The largest absolute Gasteiger partial charge is 0.343 e. The maximum absolute atomic E-state index is 13.1. The van der Waals surface area contributed by atoms with Gasteiger partial charge in [-0.1, -0.05) is 0 Å². The smallest absolute Gasteiger partial charge is 0.276 e. The summed E-state index contributed by atoms with van der Waals surface area (Å²) in [7, 11) is 2.09. The lowest BCUT2D eigenvalue weighted by Gasteiger charge is -2.31. The molecule has 0 bridgehead atoms. The van der Waals surface area contributed by atoms with Crippen LogP contribution in [0.5, 0.6) is 0 Å². The number of fused-ring (bicyclic) bond motifs is 1. The standard InChI is InChI=1S/C20H28N6O2/c1-15(27)24-10-5-16(6-11-24)17-4-7-21-19-18(22-14-26(17)19)20(28)25-9-3-8-23(2)12-13-25/h4,7,14,16H,3,5-6,8-13H2,1-2H3. The second-order valence-corrected chi connectivity index (χ2v) is 7.89. The van der Waals surface area contributed by atoms with Crippen LogP contribution in [0.3, 0.4) is 0 Å². The van der Waals surface area contributed by atoms with Gasteiger partial charge in [-0.05, 0) is 38.9 Å². The predicted octanol–water partition coefficient (Wildman–Crippen LogP) is 1.23. The van der Waals surface area contributed by atoms with Gasteiger partial charge in [0, 0.05) is 57.5 Å². The number of aromatic nitrogens is 3. The van der Waals surface area contributed by atoms with E-state index in [1.54, 1.807) is 19.4 Å². The molecule has 2 fully saturated rings. The van der Waals surface area contributed by atoms with Gasteiger partial charge in [-0.2, -0.15) is 0 Å². The Morgan fingerprint density at radius 1 is 1.00 bits per heavy atom. The lowest BCUT2D eigenvalue weighted by Crippen LogP contribution is -2.36. The van der Waals surface area contributed by atoms with E-state index in [4.69, 9.17) is 0 Å². The number of rotatable bonds is 2. The van der Waals surface area contributed by atoms with Crippen molar-refractivity contribution in [1.82, 2.24) is 29.1 Å². The molecule has 0 spiro atoms. The zero-order chi connectivity index (χ0) is 19.7. The summed E-state index contributed by atoms with van der Waals surface area (Å²) in [6.07, 6.45) is 6.31. The molecule has 2 amide bonds. The summed E-state index contributed by atoms with van der Waals surface area (Å²) in [5.41, 5.74) is 2.19. The Labute approximate surface area is 165 Å². The molecule has 2 saturated heterocycles. The summed E-state index contributed by atoms with van der Waals surface area (Å²) in [5, 5.41) is 0. The highest BCUT2D eigenvalue weighted by atomic mass is 16.2. The molecule has 2 aromatic heterocycles. The molecule has 4 rings (SSSR count). The second kappa shape index (κ2) is 7.87. The molecule has 8 nitrogen and oxygen atoms in total. The van der Waals surface area contributed by atoms with Crippen LogP contribution in [-0.4, -0.2) is 87.2 Å². The van der Waals surface area contributed by atoms with Crippen molar-refractivity contribution in [3.63, 3.8) is 0 Å². The molecule has 0 unspecified atom stereocenters. The number of amides is 2. The van der Waals surface area contributed by atoms with Crippen LogP contribution < -0.4 is 0 Å². The highest BCUT2D eigenvalue weighted by molar-refractivity contribution is 5.98. The van der Waals surface area contributed by atoms with Gasteiger partial charge < -0.3 is 14.7 Å². The van der Waals surface area contributed by atoms with Crippen LogP contribution in [-0.2, 0) is 4.79 Å². The predicted molar refractivity (Wildman–Crippen MR) is 105 cm³/mol. The van der Waals surface area contributed by atoms with E-state index >= 15 is 0 Å². The van der Waals surface area contributed by atoms with E-state index < -0.39 is 0 Å². The third kappa shape index (κ3) is 3.61. The molecular formula is C20H28N6O2. The minimum absolute atomic E-state index is 0.0335. The molecule has 0 saturated carbocycles. The Morgan fingerprint density at radius 3 is 2.54 bits per heavy atom. The van der Waals surface area contributed by atoms with Crippen molar-refractivity contribution in [2.24, 2.45) is 0 Å². The fourth-order valence-electron chi connectivity index (χ4n) is 4.29. The van der Waals surface area contributed by atoms with Crippen molar-refractivity contribution in [3.05, 3.63) is 30.0 Å². The third-order valence-electron chi connectivity index (χ3n) is 6.03. The number of likely N-dealkylation sites (N-methyl/N-ethyl adjacent to an activating group) is 1. The van der Waals surface area contributed by atoms with E-state index in [9.17, 15) is 9.59 Å². The molecule has 28 heavy (non-hydrogen) atoms. The van der Waals surface area contributed by atoms with Gasteiger partial charge >= 0.3 is 0 Å². The van der Waals surface area contributed by atoms with Gasteiger partial charge in [-0.3, -0.25) is 14.0 Å². The van der Waals surface area contributed by atoms with E-state index in [1.807, 2.05) is 20.3 Å². The fraction of sp³-hybridized carbons (Fsp3) is 0.600.